The average Bonchev–Trinajstić information content (AvgIpc) is 2.72. The van der Waals surface area contributed by atoms with E-state index in [9.17, 15) is 4.79 Å². The molecule has 1 aliphatic heterocycles. The minimum atomic E-state index is 0.0330. The monoisotopic (exact) mass is 394 g/mol. The largest absolute Gasteiger partial charge is 0.494 e. The summed E-state index contributed by atoms with van der Waals surface area (Å²) in [5.41, 5.74) is 4.71. The number of carbonyl (C=O) groups is 1. The summed E-state index contributed by atoms with van der Waals surface area (Å²) in [5.74, 6) is 1.42. The van der Waals surface area contributed by atoms with Gasteiger partial charge >= 0.3 is 0 Å². The molecule has 1 amide bonds. The molecule has 2 aromatic rings. The van der Waals surface area contributed by atoms with Gasteiger partial charge in [-0.05, 0) is 86.1 Å². The summed E-state index contributed by atoms with van der Waals surface area (Å²) in [5, 5.41) is 2.99. The molecule has 1 heterocycles. The molecule has 0 aromatic heterocycles. The van der Waals surface area contributed by atoms with Crippen molar-refractivity contribution in [1.82, 2.24) is 0 Å². The summed E-state index contributed by atoms with van der Waals surface area (Å²) in [4.78, 5) is 14.6. The van der Waals surface area contributed by atoms with Crippen LogP contribution in [0.5, 0.6) is 5.75 Å². The van der Waals surface area contributed by atoms with E-state index in [-0.39, 0.29) is 5.91 Å². The van der Waals surface area contributed by atoms with Crippen molar-refractivity contribution < 1.29 is 9.53 Å². The number of nitrogens with one attached hydrogen (secondary N) is 1. The normalized spacial score (nSPS) is 14.1. The summed E-state index contributed by atoms with van der Waals surface area (Å²) >= 11 is 0. The van der Waals surface area contributed by atoms with Gasteiger partial charge in [0.15, 0.2) is 0 Å². The molecule has 1 aliphatic rings. The zero-order chi connectivity index (χ0) is 20.6. The number of aryl methyl sites for hydroxylation is 1. The second-order valence-electron chi connectivity index (χ2n) is 8.27. The maximum absolute atomic E-state index is 12.2. The second-order valence-corrected chi connectivity index (χ2v) is 8.27. The molecule has 0 atom stereocenters. The Morgan fingerprint density at radius 1 is 1.07 bits per heavy atom. The van der Waals surface area contributed by atoms with Gasteiger partial charge in [0, 0.05) is 30.9 Å². The van der Waals surface area contributed by atoms with Gasteiger partial charge in [0.05, 0.1) is 6.61 Å². The number of anilines is 2. The molecule has 1 fully saturated rings. The highest BCUT2D eigenvalue weighted by Crippen LogP contribution is 2.24. The van der Waals surface area contributed by atoms with Crippen molar-refractivity contribution in [1.29, 1.82) is 0 Å². The molecule has 0 aliphatic carbocycles. The Hall–Kier alpha value is -2.49. The molecule has 3 rings (SSSR count). The summed E-state index contributed by atoms with van der Waals surface area (Å²) in [6, 6.07) is 14.4. The van der Waals surface area contributed by atoms with Crippen LogP contribution in [0.1, 0.15) is 63.0 Å². The zero-order valence-electron chi connectivity index (χ0n) is 18.0. The molecule has 4 heteroatoms. The van der Waals surface area contributed by atoms with Gasteiger partial charge in [-0.1, -0.05) is 19.9 Å². The number of nitrogens with zero attached hydrogens (tertiary/aromatic N) is 1. The number of benzene rings is 2. The highest BCUT2D eigenvalue weighted by Gasteiger charge is 2.11. The molecule has 0 unspecified atom stereocenters. The molecule has 4 nitrogen and oxygen atoms in total. The Kier molecular flexibility index (Phi) is 7.56. The fourth-order valence-corrected chi connectivity index (χ4v) is 3.94. The molecule has 0 radical (unpaired) electrons. The Morgan fingerprint density at radius 3 is 2.45 bits per heavy atom. The third-order valence-corrected chi connectivity index (χ3v) is 5.55. The van der Waals surface area contributed by atoms with Crippen molar-refractivity contribution in [3.8, 4) is 5.75 Å². The van der Waals surface area contributed by atoms with Crippen molar-refractivity contribution >= 4 is 17.3 Å². The van der Waals surface area contributed by atoms with E-state index in [1.165, 1.54) is 36.1 Å². The predicted molar refractivity (Wildman–Crippen MR) is 121 cm³/mol. The Bertz CT molecular complexity index is 793. The van der Waals surface area contributed by atoms with Gasteiger partial charge < -0.3 is 15.0 Å². The van der Waals surface area contributed by atoms with E-state index >= 15 is 0 Å². The average molecular weight is 395 g/mol. The van der Waals surface area contributed by atoms with E-state index in [4.69, 9.17) is 4.74 Å². The van der Waals surface area contributed by atoms with Gasteiger partial charge in [-0.25, -0.2) is 0 Å². The van der Waals surface area contributed by atoms with Gasteiger partial charge in [-0.2, -0.15) is 0 Å². The molecule has 156 valence electrons. The summed E-state index contributed by atoms with van der Waals surface area (Å²) in [6.07, 6.45) is 5.01. The molecular weight excluding hydrogens is 360 g/mol. The van der Waals surface area contributed by atoms with Crippen molar-refractivity contribution in [2.45, 2.75) is 58.8 Å². The van der Waals surface area contributed by atoms with E-state index < -0.39 is 0 Å². The quantitative estimate of drug-likeness (QED) is 0.566. The van der Waals surface area contributed by atoms with E-state index in [0.29, 0.717) is 25.4 Å². The molecule has 1 N–H and O–H groups in total. The lowest BCUT2D eigenvalue weighted by atomic mass is 9.98. The van der Waals surface area contributed by atoms with Crippen LogP contribution in [0, 0.1) is 6.92 Å². The summed E-state index contributed by atoms with van der Waals surface area (Å²) in [6.45, 7) is 9.32. The third kappa shape index (κ3) is 6.25. The minimum absolute atomic E-state index is 0.0330. The number of hydrogen-bond acceptors (Lipinski definition) is 3. The SMILES string of the molecule is Cc1cc(OCCCC(=O)Nc2ccc(N3CCCCC3)cc2)ccc1C(C)C. The predicted octanol–water partition coefficient (Wildman–Crippen LogP) is 5.91. The number of ether oxygens (including phenoxy) is 1. The molecule has 0 bridgehead atoms. The van der Waals surface area contributed by atoms with Gasteiger partial charge in [0.1, 0.15) is 5.75 Å². The Labute approximate surface area is 175 Å². The van der Waals surface area contributed by atoms with Gasteiger partial charge in [-0.15, -0.1) is 0 Å². The zero-order valence-corrected chi connectivity index (χ0v) is 18.0. The van der Waals surface area contributed by atoms with E-state index in [1.54, 1.807) is 0 Å². The van der Waals surface area contributed by atoms with Gasteiger partial charge in [0.2, 0.25) is 5.91 Å². The fourth-order valence-electron chi connectivity index (χ4n) is 3.94. The molecule has 2 aromatic carbocycles. The molecule has 0 spiro atoms. The summed E-state index contributed by atoms with van der Waals surface area (Å²) in [7, 11) is 0. The third-order valence-electron chi connectivity index (χ3n) is 5.55. The first-order valence-electron chi connectivity index (χ1n) is 10.9. The van der Waals surface area contributed by atoms with Crippen molar-refractivity contribution in [2.24, 2.45) is 0 Å². The lowest BCUT2D eigenvalue weighted by molar-refractivity contribution is -0.116. The lowest BCUT2D eigenvalue weighted by Crippen LogP contribution is -2.29. The van der Waals surface area contributed by atoms with Crippen LogP contribution in [0.3, 0.4) is 0 Å². The topological polar surface area (TPSA) is 41.6 Å². The Balaban J connectivity index is 1.39. The van der Waals surface area contributed by atoms with Crippen molar-refractivity contribution in [3.05, 3.63) is 53.6 Å². The number of amides is 1. The molecular formula is C25H34N2O2. The van der Waals surface area contributed by atoms with Crippen LogP contribution in [0.15, 0.2) is 42.5 Å². The first kappa shape index (κ1) is 21.2. The van der Waals surface area contributed by atoms with Crippen molar-refractivity contribution in [2.75, 3.05) is 29.9 Å². The highest BCUT2D eigenvalue weighted by molar-refractivity contribution is 5.90. The van der Waals surface area contributed by atoms with Crippen LogP contribution in [-0.2, 0) is 4.79 Å². The van der Waals surface area contributed by atoms with E-state index in [1.807, 2.05) is 18.2 Å². The van der Waals surface area contributed by atoms with Crippen molar-refractivity contribution in [3.63, 3.8) is 0 Å². The lowest BCUT2D eigenvalue weighted by Gasteiger charge is -2.28. The van der Waals surface area contributed by atoms with Crippen LogP contribution in [0.25, 0.3) is 0 Å². The highest BCUT2D eigenvalue weighted by atomic mass is 16.5. The maximum Gasteiger partial charge on any atom is 0.224 e. The first-order valence-corrected chi connectivity index (χ1v) is 10.9. The maximum atomic E-state index is 12.2. The number of hydrogen-bond donors (Lipinski definition) is 1. The van der Waals surface area contributed by atoms with Crippen LogP contribution in [0.2, 0.25) is 0 Å². The smallest absolute Gasteiger partial charge is 0.224 e. The number of piperidine rings is 1. The standard InChI is InChI=1S/C25H34N2O2/c1-19(2)24-14-13-23(18-20(24)3)29-17-7-8-25(28)26-21-9-11-22(12-10-21)27-15-5-4-6-16-27/h9-14,18-19H,4-8,15-17H2,1-3H3,(H,26,28). The molecule has 0 saturated carbocycles. The minimum Gasteiger partial charge on any atom is -0.494 e. The number of carbonyl (C=O) groups excluding carboxylic acids is 1. The van der Waals surface area contributed by atoms with Gasteiger partial charge in [-0.3, -0.25) is 4.79 Å². The first-order chi connectivity index (χ1) is 14.0. The fraction of sp³-hybridized carbons (Fsp3) is 0.480. The van der Waals surface area contributed by atoms with Crippen LogP contribution >= 0.6 is 0 Å². The van der Waals surface area contributed by atoms with E-state index in [2.05, 4.69) is 55.3 Å². The molecule has 1 saturated heterocycles. The summed E-state index contributed by atoms with van der Waals surface area (Å²) < 4.78 is 5.82. The van der Waals surface area contributed by atoms with Crippen LogP contribution in [-0.4, -0.2) is 25.6 Å². The number of rotatable bonds is 8. The molecule has 29 heavy (non-hydrogen) atoms. The van der Waals surface area contributed by atoms with E-state index in [0.717, 1.165) is 24.5 Å². The van der Waals surface area contributed by atoms with Crippen LogP contribution < -0.4 is 15.0 Å². The van der Waals surface area contributed by atoms with Crippen LogP contribution in [0.4, 0.5) is 11.4 Å². The second kappa shape index (κ2) is 10.3. The van der Waals surface area contributed by atoms with Gasteiger partial charge in [0.25, 0.3) is 0 Å². The Morgan fingerprint density at radius 2 is 1.79 bits per heavy atom.